The fraction of sp³-hybridized carbons (Fsp3) is 0.154. The van der Waals surface area contributed by atoms with E-state index in [0.717, 1.165) is 5.75 Å². The second-order valence-electron chi connectivity index (χ2n) is 3.95. The van der Waals surface area contributed by atoms with E-state index in [1.54, 1.807) is 7.11 Å². The van der Waals surface area contributed by atoms with Gasteiger partial charge >= 0.3 is 26.7 Å². The molecular formula is C13H10ClF3INO4S. The van der Waals surface area contributed by atoms with Crippen LogP contribution < -0.4 is 25.9 Å². The van der Waals surface area contributed by atoms with Gasteiger partial charge in [-0.05, 0) is 36.4 Å². The maximum Gasteiger partial charge on any atom is 0.485 e. The first-order chi connectivity index (χ1) is 11.0. The Hall–Kier alpha value is -1.11. The van der Waals surface area contributed by atoms with E-state index in [2.05, 4.69) is 17.1 Å². The molecule has 0 aliphatic carbocycles. The van der Waals surface area contributed by atoms with Crippen LogP contribution in [0.2, 0.25) is 5.15 Å². The molecule has 0 saturated heterocycles. The first-order valence-electron chi connectivity index (χ1n) is 5.95. The second-order valence-corrected chi connectivity index (χ2v) is 8.74. The molecule has 11 heteroatoms. The van der Waals surface area contributed by atoms with E-state index in [0.29, 0.717) is 5.15 Å². The van der Waals surface area contributed by atoms with E-state index in [9.17, 15) is 13.2 Å². The Bertz CT molecular complexity index is 752. The van der Waals surface area contributed by atoms with Gasteiger partial charge < -0.3 is 9.29 Å². The molecule has 0 bridgehead atoms. The number of ether oxygens (including phenoxy) is 1. The fourth-order valence-electron chi connectivity index (χ4n) is 1.17. The zero-order valence-corrected chi connectivity index (χ0v) is 15.6. The van der Waals surface area contributed by atoms with Gasteiger partial charge in [0.2, 0.25) is 3.57 Å². The summed E-state index contributed by atoms with van der Waals surface area (Å²) < 4.78 is 66.6. The fourth-order valence-corrected chi connectivity index (χ4v) is 3.36. The van der Waals surface area contributed by atoms with Gasteiger partial charge in [0.15, 0.2) is 13.7 Å². The number of rotatable bonds is 3. The maximum absolute atomic E-state index is 10.7. The van der Waals surface area contributed by atoms with Gasteiger partial charge in [0.05, 0.1) is 13.3 Å². The summed E-state index contributed by atoms with van der Waals surface area (Å²) in [6.45, 7) is 0. The van der Waals surface area contributed by atoms with Crippen molar-refractivity contribution in [2.45, 2.75) is 5.51 Å². The summed E-state index contributed by atoms with van der Waals surface area (Å²) in [6, 6.07) is 12.0. The Morgan fingerprint density at radius 2 is 1.62 bits per heavy atom. The molecule has 2 rings (SSSR count). The van der Waals surface area contributed by atoms with Crippen molar-refractivity contribution in [2.24, 2.45) is 0 Å². The van der Waals surface area contributed by atoms with Crippen molar-refractivity contribution in [2.75, 3.05) is 7.11 Å². The van der Waals surface area contributed by atoms with Crippen molar-refractivity contribution in [1.82, 2.24) is 4.98 Å². The van der Waals surface area contributed by atoms with E-state index >= 15 is 0 Å². The second kappa shape index (κ2) is 8.83. The number of alkyl halides is 3. The van der Waals surface area contributed by atoms with E-state index in [-0.39, 0.29) is 21.2 Å². The quantitative estimate of drug-likeness (QED) is 0.258. The first-order valence-corrected chi connectivity index (χ1v) is 9.90. The monoisotopic (exact) mass is 495 g/mol. The number of aromatic nitrogens is 1. The summed E-state index contributed by atoms with van der Waals surface area (Å²) in [5, 5.41) is 0.544. The lowest BCUT2D eigenvalue weighted by Gasteiger charge is -2.08. The number of halogens is 5. The molecule has 1 aromatic heterocycles. The van der Waals surface area contributed by atoms with Crippen molar-refractivity contribution in [1.29, 1.82) is 0 Å². The Morgan fingerprint density at radius 3 is 2.00 bits per heavy atom. The zero-order valence-electron chi connectivity index (χ0n) is 11.9. The molecule has 0 aliphatic rings. The van der Waals surface area contributed by atoms with E-state index in [1.165, 1.54) is 7.14 Å². The molecule has 1 heterocycles. The van der Waals surface area contributed by atoms with Gasteiger partial charge in [-0.25, -0.2) is 13.4 Å². The SMILES string of the molecule is COc1ccc([I+]c2ccc(Cl)nc2)cc1.O=S(=O)([O-])C(F)(F)F. The van der Waals surface area contributed by atoms with Gasteiger partial charge in [0.25, 0.3) is 0 Å². The molecule has 0 fully saturated rings. The van der Waals surface area contributed by atoms with Gasteiger partial charge in [-0.1, -0.05) is 11.6 Å². The highest BCUT2D eigenvalue weighted by molar-refractivity contribution is 7.86. The minimum atomic E-state index is -6.09. The van der Waals surface area contributed by atoms with Crippen LogP contribution in [0.5, 0.6) is 5.75 Å². The molecule has 132 valence electrons. The van der Waals surface area contributed by atoms with Crippen molar-refractivity contribution in [3.8, 4) is 5.75 Å². The van der Waals surface area contributed by atoms with E-state index in [4.69, 9.17) is 29.3 Å². The number of nitrogens with zero attached hydrogens (tertiary/aromatic N) is 1. The molecule has 0 aliphatic heterocycles. The van der Waals surface area contributed by atoms with Gasteiger partial charge in [-0.2, -0.15) is 13.2 Å². The molecule has 0 atom stereocenters. The van der Waals surface area contributed by atoms with Crippen molar-refractivity contribution < 1.29 is 52.1 Å². The highest BCUT2D eigenvalue weighted by Gasteiger charge is 2.36. The van der Waals surface area contributed by atoms with Crippen LogP contribution >= 0.6 is 11.6 Å². The van der Waals surface area contributed by atoms with Crippen LogP contribution in [0.1, 0.15) is 0 Å². The normalized spacial score (nSPS) is 11.4. The predicted octanol–water partition coefficient (Wildman–Crippen LogP) is -0.0766. The zero-order chi connectivity index (χ0) is 18.4. The first kappa shape index (κ1) is 20.9. The topological polar surface area (TPSA) is 79.3 Å². The molecule has 0 N–H and O–H groups in total. The van der Waals surface area contributed by atoms with Gasteiger partial charge in [0, 0.05) is 0 Å². The number of hydrogen-bond acceptors (Lipinski definition) is 5. The summed E-state index contributed by atoms with van der Waals surface area (Å²) in [6.07, 6.45) is 1.85. The lowest BCUT2D eigenvalue weighted by atomic mass is 10.3. The third kappa shape index (κ3) is 7.20. The van der Waals surface area contributed by atoms with Crippen LogP contribution in [0.15, 0.2) is 42.6 Å². The minimum absolute atomic E-state index is 0.179. The predicted molar refractivity (Wildman–Crippen MR) is 75.4 cm³/mol. The standard InChI is InChI=1S/C12H10ClINO.CHF3O3S/c1-16-11-5-2-9(3-6-11)14-10-4-7-12(13)15-8-10;2-1(3,4)8(5,6)7/h2-8H,1H3;(H,5,6,7)/q+1;/p-1. The summed E-state index contributed by atoms with van der Waals surface area (Å²) in [7, 11) is -4.42. The molecule has 0 saturated carbocycles. The molecule has 0 radical (unpaired) electrons. The van der Waals surface area contributed by atoms with Gasteiger partial charge in [-0.3, -0.25) is 0 Å². The highest BCUT2D eigenvalue weighted by Crippen LogP contribution is 2.20. The number of methoxy groups -OCH3 is 1. The minimum Gasteiger partial charge on any atom is -0.741 e. The van der Waals surface area contributed by atoms with Crippen LogP contribution in [0.3, 0.4) is 0 Å². The molecule has 0 amide bonds. The average molecular weight is 496 g/mol. The number of pyridine rings is 1. The van der Waals surface area contributed by atoms with Gasteiger partial charge in [0.1, 0.15) is 10.9 Å². The summed E-state index contributed by atoms with van der Waals surface area (Å²) in [5.41, 5.74) is -5.65. The molecule has 24 heavy (non-hydrogen) atoms. The Morgan fingerprint density at radius 1 is 1.12 bits per heavy atom. The lowest BCUT2D eigenvalue weighted by molar-refractivity contribution is -0.597. The van der Waals surface area contributed by atoms with E-state index < -0.39 is 15.6 Å². The van der Waals surface area contributed by atoms with Crippen LogP contribution in [0, 0.1) is 7.14 Å². The lowest BCUT2D eigenvalue weighted by Crippen LogP contribution is -3.61. The molecule has 1 aromatic carbocycles. The Labute approximate surface area is 151 Å². The van der Waals surface area contributed by atoms with Gasteiger partial charge in [-0.15, -0.1) is 0 Å². The van der Waals surface area contributed by atoms with Crippen molar-refractivity contribution in [3.05, 3.63) is 54.9 Å². The average Bonchev–Trinajstić information content (AvgIpc) is 2.49. The maximum atomic E-state index is 10.7. The number of hydrogen-bond donors (Lipinski definition) is 0. The van der Waals surface area contributed by atoms with Crippen LogP contribution in [-0.4, -0.2) is 30.6 Å². The smallest absolute Gasteiger partial charge is 0.485 e. The summed E-state index contributed by atoms with van der Waals surface area (Å²) in [5.74, 6) is 0.891. The van der Waals surface area contributed by atoms with Crippen LogP contribution in [0.25, 0.3) is 0 Å². The number of benzene rings is 1. The molecule has 0 spiro atoms. The van der Waals surface area contributed by atoms with E-state index in [1.807, 2.05) is 30.5 Å². The van der Waals surface area contributed by atoms with Crippen molar-refractivity contribution >= 4 is 21.7 Å². The third-order valence-electron chi connectivity index (χ3n) is 2.24. The molecule has 5 nitrogen and oxygen atoms in total. The Kier molecular flexibility index (Phi) is 7.70. The molecule has 0 unspecified atom stereocenters. The van der Waals surface area contributed by atoms with Crippen LogP contribution in [0.4, 0.5) is 13.2 Å². The summed E-state index contributed by atoms with van der Waals surface area (Å²) >= 11 is 5.56. The molecule has 2 aromatic rings. The highest BCUT2D eigenvalue weighted by atomic mass is 127. The summed E-state index contributed by atoms with van der Waals surface area (Å²) in [4.78, 5) is 4.08. The third-order valence-corrected chi connectivity index (χ3v) is 5.64. The van der Waals surface area contributed by atoms with Crippen LogP contribution in [-0.2, 0) is 10.1 Å². The Balaban J connectivity index is 0.000000307. The van der Waals surface area contributed by atoms with Crippen molar-refractivity contribution in [3.63, 3.8) is 0 Å². The largest absolute Gasteiger partial charge is 0.741 e. The molecular weight excluding hydrogens is 486 g/mol.